The molecule has 19 heavy (non-hydrogen) atoms. The molecular formula is C12H12FN3O3. The van der Waals surface area contributed by atoms with Crippen LogP contribution in [0.3, 0.4) is 0 Å². The maximum Gasteiger partial charge on any atom is 0.292 e. The van der Waals surface area contributed by atoms with E-state index in [-0.39, 0.29) is 5.69 Å². The van der Waals surface area contributed by atoms with Gasteiger partial charge in [-0.1, -0.05) is 13.3 Å². The Balaban J connectivity index is 2.98. The van der Waals surface area contributed by atoms with Crippen LogP contribution in [0, 0.1) is 33.2 Å². The van der Waals surface area contributed by atoms with Gasteiger partial charge in [0.25, 0.3) is 5.69 Å². The maximum absolute atomic E-state index is 13.1. The zero-order valence-corrected chi connectivity index (χ0v) is 10.2. The molecule has 0 aliphatic rings. The molecule has 0 aliphatic carbocycles. The summed E-state index contributed by atoms with van der Waals surface area (Å²) in [5, 5.41) is 21.8. The zero-order valence-electron chi connectivity index (χ0n) is 10.2. The number of nitrogens with one attached hydrogen (secondary N) is 1. The van der Waals surface area contributed by atoms with Crippen molar-refractivity contribution in [2.75, 3.05) is 5.32 Å². The molecule has 1 unspecified atom stereocenters. The quantitative estimate of drug-likeness (QED) is 0.653. The summed E-state index contributed by atoms with van der Waals surface area (Å²) in [6.07, 6.45) is 0.961. The number of amides is 1. The number of rotatable bonds is 5. The van der Waals surface area contributed by atoms with Crippen molar-refractivity contribution in [3.8, 4) is 6.07 Å². The molecule has 7 heteroatoms. The molecule has 0 heterocycles. The van der Waals surface area contributed by atoms with E-state index in [1.807, 2.05) is 13.0 Å². The summed E-state index contributed by atoms with van der Waals surface area (Å²) in [7, 11) is 0. The highest BCUT2D eigenvalue weighted by Crippen LogP contribution is 2.25. The molecule has 0 aromatic heterocycles. The summed E-state index contributed by atoms with van der Waals surface area (Å²) in [4.78, 5) is 21.8. The van der Waals surface area contributed by atoms with E-state index in [9.17, 15) is 19.3 Å². The lowest BCUT2D eigenvalue weighted by Crippen LogP contribution is -2.22. The number of carbonyl (C=O) groups excluding carboxylic acids is 1. The Morgan fingerprint density at radius 2 is 2.32 bits per heavy atom. The van der Waals surface area contributed by atoms with Crippen molar-refractivity contribution in [2.45, 2.75) is 19.8 Å². The third kappa shape index (κ3) is 3.74. The average Bonchev–Trinajstić information content (AvgIpc) is 2.35. The number of anilines is 1. The topological polar surface area (TPSA) is 96.0 Å². The molecule has 0 aliphatic heterocycles. The Morgan fingerprint density at radius 3 is 2.84 bits per heavy atom. The van der Waals surface area contributed by atoms with Gasteiger partial charge in [0.2, 0.25) is 5.91 Å². The van der Waals surface area contributed by atoms with Crippen LogP contribution in [0.15, 0.2) is 18.2 Å². The van der Waals surface area contributed by atoms with Gasteiger partial charge in [-0.3, -0.25) is 14.9 Å². The molecule has 1 aromatic rings. The van der Waals surface area contributed by atoms with Gasteiger partial charge in [0.15, 0.2) is 0 Å². The second-order valence-corrected chi connectivity index (χ2v) is 3.88. The van der Waals surface area contributed by atoms with E-state index in [1.165, 1.54) is 0 Å². The molecule has 1 amide bonds. The van der Waals surface area contributed by atoms with Crippen molar-refractivity contribution in [2.24, 2.45) is 5.92 Å². The van der Waals surface area contributed by atoms with Crippen LogP contribution < -0.4 is 5.32 Å². The molecule has 100 valence electrons. The minimum atomic E-state index is -0.909. The highest BCUT2D eigenvalue weighted by molar-refractivity contribution is 5.96. The van der Waals surface area contributed by atoms with Crippen LogP contribution in [0.1, 0.15) is 19.8 Å². The largest absolute Gasteiger partial charge is 0.319 e. The normalized spacial score (nSPS) is 11.4. The third-order valence-corrected chi connectivity index (χ3v) is 2.46. The van der Waals surface area contributed by atoms with E-state index in [4.69, 9.17) is 5.26 Å². The first kappa shape index (κ1) is 14.6. The van der Waals surface area contributed by atoms with E-state index in [0.717, 1.165) is 18.2 Å². The fourth-order valence-electron chi connectivity index (χ4n) is 1.53. The van der Waals surface area contributed by atoms with Crippen molar-refractivity contribution >= 4 is 17.3 Å². The number of hydrogen-bond donors (Lipinski definition) is 1. The second kappa shape index (κ2) is 6.44. The van der Waals surface area contributed by atoms with Gasteiger partial charge in [-0.2, -0.15) is 5.26 Å². The summed E-state index contributed by atoms with van der Waals surface area (Å²) in [6.45, 7) is 1.81. The van der Waals surface area contributed by atoms with Crippen molar-refractivity contribution in [3.05, 3.63) is 34.1 Å². The molecular weight excluding hydrogens is 253 g/mol. The first-order chi connectivity index (χ1) is 8.99. The molecule has 0 saturated carbocycles. The molecule has 1 aromatic carbocycles. The molecule has 0 fully saturated rings. The van der Waals surface area contributed by atoms with Crippen molar-refractivity contribution in [1.29, 1.82) is 5.26 Å². The minimum Gasteiger partial charge on any atom is -0.319 e. The highest BCUT2D eigenvalue weighted by atomic mass is 19.1. The Hall–Kier alpha value is -2.49. The Morgan fingerprint density at radius 1 is 1.63 bits per heavy atom. The van der Waals surface area contributed by atoms with E-state index >= 15 is 0 Å². The maximum atomic E-state index is 13.1. The van der Waals surface area contributed by atoms with Crippen LogP contribution in [0.25, 0.3) is 0 Å². The molecule has 6 nitrogen and oxygen atoms in total. The monoisotopic (exact) mass is 265 g/mol. The predicted octanol–water partition coefficient (Wildman–Crippen LogP) is 2.61. The Labute approximate surface area is 109 Å². The van der Waals surface area contributed by atoms with Gasteiger partial charge < -0.3 is 5.32 Å². The number of carbonyl (C=O) groups is 1. The summed E-state index contributed by atoms with van der Waals surface area (Å²) >= 11 is 0. The first-order valence-electron chi connectivity index (χ1n) is 5.64. The highest BCUT2D eigenvalue weighted by Gasteiger charge is 2.21. The number of nitriles is 1. The average molecular weight is 265 g/mol. The standard InChI is InChI=1S/C12H12FN3O3/c1-2-3-8(7-14)12(17)15-10-6-9(13)4-5-11(10)16(18)19/h4-6,8H,2-3H2,1H3,(H,15,17). The van der Waals surface area contributed by atoms with Gasteiger partial charge in [0.1, 0.15) is 17.4 Å². The van der Waals surface area contributed by atoms with Crippen LogP contribution >= 0.6 is 0 Å². The van der Waals surface area contributed by atoms with Gasteiger partial charge in [0, 0.05) is 12.1 Å². The molecule has 0 radical (unpaired) electrons. The van der Waals surface area contributed by atoms with Crippen LogP contribution in [-0.2, 0) is 4.79 Å². The molecule has 0 saturated heterocycles. The van der Waals surface area contributed by atoms with Gasteiger partial charge >= 0.3 is 0 Å². The number of nitro groups is 1. The van der Waals surface area contributed by atoms with Gasteiger partial charge in [-0.15, -0.1) is 0 Å². The van der Waals surface area contributed by atoms with Gasteiger partial charge in [-0.05, 0) is 12.5 Å². The first-order valence-corrected chi connectivity index (χ1v) is 5.64. The summed E-state index contributed by atoms with van der Waals surface area (Å²) in [6, 6.07) is 4.56. The number of benzene rings is 1. The van der Waals surface area contributed by atoms with E-state index < -0.39 is 28.3 Å². The Bertz CT molecular complexity index is 540. The van der Waals surface area contributed by atoms with Crippen molar-refractivity contribution in [3.63, 3.8) is 0 Å². The number of nitro benzene ring substituents is 1. The number of nitrogens with zero attached hydrogens (tertiary/aromatic N) is 2. The second-order valence-electron chi connectivity index (χ2n) is 3.88. The summed E-state index contributed by atoms with van der Waals surface area (Å²) in [5.41, 5.74) is -0.658. The van der Waals surface area contributed by atoms with Crippen molar-refractivity contribution in [1.82, 2.24) is 0 Å². The lowest BCUT2D eigenvalue weighted by atomic mass is 10.0. The summed E-state index contributed by atoms with van der Waals surface area (Å²) in [5.74, 6) is -2.28. The van der Waals surface area contributed by atoms with Crippen LogP contribution in [0.5, 0.6) is 0 Å². The van der Waals surface area contributed by atoms with Crippen LogP contribution in [0.2, 0.25) is 0 Å². The fraction of sp³-hybridized carbons (Fsp3) is 0.333. The smallest absolute Gasteiger partial charge is 0.292 e. The fourth-order valence-corrected chi connectivity index (χ4v) is 1.53. The molecule has 0 bridgehead atoms. The molecule has 1 atom stereocenters. The predicted molar refractivity (Wildman–Crippen MR) is 65.7 cm³/mol. The van der Waals surface area contributed by atoms with E-state index in [1.54, 1.807) is 0 Å². The summed E-state index contributed by atoms with van der Waals surface area (Å²) < 4.78 is 13.1. The van der Waals surface area contributed by atoms with E-state index in [0.29, 0.717) is 12.8 Å². The SMILES string of the molecule is CCCC(C#N)C(=O)Nc1cc(F)ccc1[N+](=O)[O-]. The zero-order chi connectivity index (χ0) is 14.4. The molecule has 1 N–H and O–H groups in total. The van der Waals surface area contributed by atoms with Crippen LogP contribution in [-0.4, -0.2) is 10.8 Å². The number of hydrogen-bond acceptors (Lipinski definition) is 4. The Kier molecular flexibility index (Phi) is 4.94. The lowest BCUT2D eigenvalue weighted by Gasteiger charge is -2.09. The van der Waals surface area contributed by atoms with E-state index in [2.05, 4.69) is 5.32 Å². The lowest BCUT2D eigenvalue weighted by molar-refractivity contribution is -0.384. The molecule has 1 rings (SSSR count). The third-order valence-electron chi connectivity index (χ3n) is 2.46. The van der Waals surface area contributed by atoms with Gasteiger partial charge in [-0.25, -0.2) is 4.39 Å². The minimum absolute atomic E-state index is 0.244. The number of halogens is 1. The molecule has 0 spiro atoms. The van der Waals surface area contributed by atoms with Crippen molar-refractivity contribution < 1.29 is 14.1 Å². The van der Waals surface area contributed by atoms with Crippen LogP contribution in [0.4, 0.5) is 15.8 Å². The van der Waals surface area contributed by atoms with Gasteiger partial charge in [0.05, 0.1) is 11.0 Å².